The molecule has 0 spiro atoms. The first-order valence-electron chi connectivity index (χ1n) is 9.44. The van der Waals surface area contributed by atoms with Gasteiger partial charge in [-0.1, -0.05) is 19.3 Å². The molecule has 0 atom stereocenters. The largest absolute Gasteiger partial charge is 0.353 e. The monoisotopic (exact) mass is 382 g/mol. The van der Waals surface area contributed by atoms with Gasteiger partial charge in [0.05, 0.1) is 4.90 Å². The molecule has 1 N–H and O–H groups in total. The molecule has 26 heavy (non-hydrogen) atoms. The quantitative estimate of drug-likeness (QED) is 0.871. The van der Waals surface area contributed by atoms with Gasteiger partial charge in [-0.05, 0) is 56.4 Å². The number of piperidine rings is 1. The Morgan fingerprint density at radius 2 is 1.77 bits per heavy atom. The number of halogens is 1. The van der Waals surface area contributed by atoms with Crippen molar-refractivity contribution in [3.63, 3.8) is 0 Å². The topological polar surface area (TPSA) is 66.5 Å². The van der Waals surface area contributed by atoms with Crippen molar-refractivity contribution < 1.29 is 17.6 Å². The maximum Gasteiger partial charge on any atom is 0.243 e. The van der Waals surface area contributed by atoms with Crippen LogP contribution in [0.4, 0.5) is 4.39 Å². The van der Waals surface area contributed by atoms with Crippen molar-refractivity contribution in [1.29, 1.82) is 0 Å². The van der Waals surface area contributed by atoms with Gasteiger partial charge in [0.25, 0.3) is 0 Å². The molecule has 1 aromatic carbocycles. The van der Waals surface area contributed by atoms with Crippen LogP contribution < -0.4 is 5.32 Å². The Morgan fingerprint density at radius 3 is 2.38 bits per heavy atom. The fourth-order valence-electron chi connectivity index (χ4n) is 3.85. The van der Waals surface area contributed by atoms with Gasteiger partial charge in [0.15, 0.2) is 0 Å². The van der Waals surface area contributed by atoms with E-state index in [1.165, 1.54) is 41.8 Å². The summed E-state index contributed by atoms with van der Waals surface area (Å²) in [6.07, 6.45) is 6.71. The minimum absolute atomic E-state index is 0.0616. The van der Waals surface area contributed by atoms with Gasteiger partial charge in [0.2, 0.25) is 15.9 Å². The van der Waals surface area contributed by atoms with E-state index in [-0.39, 0.29) is 22.8 Å². The zero-order chi connectivity index (χ0) is 18.7. The number of amides is 1. The van der Waals surface area contributed by atoms with Crippen LogP contribution in [0, 0.1) is 18.7 Å². The van der Waals surface area contributed by atoms with Crippen molar-refractivity contribution in [3.05, 3.63) is 29.6 Å². The number of carbonyl (C=O) groups is 1. The normalized spacial score (nSPS) is 20.8. The fourth-order valence-corrected chi connectivity index (χ4v) is 5.41. The molecule has 5 nitrogen and oxygen atoms in total. The standard InChI is InChI=1S/C19H27FN2O3S/c1-14-13-17(7-8-18(14)20)26(24,25)22-11-9-15(10-12-22)19(23)21-16-5-3-2-4-6-16/h7-8,13,15-16H,2-6,9-12H2,1H3,(H,21,23). The van der Waals surface area contributed by atoms with Crippen molar-refractivity contribution in [2.45, 2.75) is 62.8 Å². The Balaban J connectivity index is 1.58. The van der Waals surface area contributed by atoms with Crippen LogP contribution in [0.1, 0.15) is 50.5 Å². The Bertz CT molecular complexity index is 752. The molecule has 1 saturated heterocycles. The van der Waals surface area contributed by atoms with Crippen LogP contribution >= 0.6 is 0 Å². The fraction of sp³-hybridized carbons (Fsp3) is 0.632. The van der Waals surface area contributed by atoms with Crippen LogP contribution in [0.3, 0.4) is 0 Å². The van der Waals surface area contributed by atoms with E-state index in [2.05, 4.69) is 5.32 Å². The van der Waals surface area contributed by atoms with Crippen molar-refractivity contribution in [2.24, 2.45) is 5.92 Å². The maximum atomic E-state index is 13.4. The summed E-state index contributed by atoms with van der Waals surface area (Å²) in [5, 5.41) is 3.14. The lowest BCUT2D eigenvalue weighted by molar-refractivity contribution is -0.127. The highest BCUT2D eigenvalue weighted by molar-refractivity contribution is 7.89. The Hall–Kier alpha value is -1.47. The second kappa shape index (κ2) is 8.05. The molecule has 2 aliphatic rings. The van der Waals surface area contributed by atoms with Gasteiger partial charge < -0.3 is 5.32 Å². The number of sulfonamides is 1. The molecule has 1 aromatic rings. The van der Waals surface area contributed by atoms with Gasteiger partial charge in [0, 0.05) is 25.0 Å². The number of aryl methyl sites for hydroxylation is 1. The lowest BCUT2D eigenvalue weighted by atomic mass is 9.93. The Morgan fingerprint density at radius 1 is 1.12 bits per heavy atom. The average molecular weight is 383 g/mol. The zero-order valence-corrected chi connectivity index (χ0v) is 16.0. The van der Waals surface area contributed by atoms with Crippen molar-refractivity contribution in [2.75, 3.05) is 13.1 Å². The second-order valence-corrected chi connectivity index (χ2v) is 9.37. The minimum Gasteiger partial charge on any atom is -0.353 e. The molecule has 1 heterocycles. The van der Waals surface area contributed by atoms with E-state index in [4.69, 9.17) is 0 Å². The first-order chi connectivity index (χ1) is 12.4. The predicted octanol–water partition coefficient (Wildman–Crippen LogP) is 2.98. The van der Waals surface area contributed by atoms with Crippen molar-refractivity contribution in [1.82, 2.24) is 9.62 Å². The molecule has 1 amide bonds. The first kappa shape index (κ1) is 19.3. The van der Waals surface area contributed by atoms with E-state index in [1.54, 1.807) is 6.92 Å². The lowest BCUT2D eigenvalue weighted by Crippen LogP contribution is -2.45. The zero-order valence-electron chi connectivity index (χ0n) is 15.2. The van der Waals surface area contributed by atoms with Crippen molar-refractivity contribution >= 4 is 15.9 Å². The van der Waals surface area contributed by atoms with Gasteiger partial charge in [-0.3, -0.25) is 4.79 Å². The third-order valence-corrected chi connectivity index (χ3v) is 7.44. The van der Waals surface area contributed by atoms with E-state index in [1.807, 2.05) is 0 Å². The predicted molar refractivity (Wildman–Crippen MR) is 97.6 cm³/mol. The minimum atomic E-state index is -3.64. The molecule has 7 heteroatoms. The summed E-state index contributed by atoms with van der Waals surface area (Å²) in [7, 11) is -3.64. The Kier molecular flexibility index (Phi) is 5.97. The smallest absolute Gasteiger partial charge is 0.243 e. The highest BCUT2D eigenvalue weighted by Crippen LogP contribution is 2.26. The van der Waals surface area contributed by atoms with E-state index in [0.29, 0.717) is 31.5 Å². The Labute approximate surface area is 155 Å². The third-order valence-electron chi connectivity index (χ3n) is 5.54. The summed E-state index contributed by atoms with van der Waals surface area (Å²) in [6.45, 7) is 2.19. The number of carbonyl (C=O) groups excluding carboxylic acids is 1. The molecule has 0 aromatic heterocycles. The van der Waals surface area contributed by atoms with Gasteiger partial charge in [-0.2, -0.15) is 4.31 Å². The third kappa shape index (κ3) is 4.26. The van der Waals surface area contributed by atoms with E-state index < -0.39 is 15.8 Å². The van der Waals surface area contributed by atoms with Crippen LogP contribution in [0.2, 0.25) is 0 Å². The molecular weight excluding hydrogens is 355 g/mol. The van der Waals surface area contributed by atoms with Gasteiger partial charge in [-0.25, -0.2) is 12.8 Å². The summed E-state index contributed by atoms with van der Waals surface area (Å²) < 4.78 is 40.3. The van der Waals surface area contributed by atoms with E-state index in [0.717, 1.165) is 12.8 Å². The molecule has 1 aliphatic carbocycles. The molecular formula is C19H27FN2O3S. The summed E-state index contributed by atoms with van der Waals surface area (Å²) in [5.74, 6) is -0.480. The molecule has 2 fully saturated rings. The maximum absolute atomic E-state index is 13.4. The molecule has 144 valence electrons. The molecule has 0 radical (unpaired) electrons. The van der Waals surface area contributed by atoms with E-state index >= 15 is 0 Å². The summed E-state index contributed by atoms with van der Waals surface area (Å²) >= 11 is 0. The summed E-state index contributed by atoms with van der Waals surface area (Å²) in [5.41, 5.74) is 0.313. The summed E-state index contributed by atoms with van der Waals surface area (Å²) in [6, 6.07) is 4.14. The highest BCUT2D eigenvalue weighted by Gasteiger charge is 2.33. The van der Waals surface area contributed by atoms with Gasteiger partial charge in [0.1, 0.15) is 5.82 Å². The number of hydrogen-bond donors (Lipinski definition) is 1. The average Bonchev–Trinajstić information content (AvgIpc) is 2.65. The van der Waals surface area contributed by atoms with Gasteiger partial charge in [-0.15, -0.1) is 0 Å². The molecule has 1 aliphatic heterocycles. The van der Waals surface area contributed by atoms with Gasteiger partial charge >= 0.3 is 0 Å². The van der Waals surface area contributed by atoms with E-state index in [9.17, 15) is 17.6 Å². The van der Waals surface area contributed by atoms with Crippen molar-refractivity contribution in [3.8, 4) is 0 Å². The highest BCUT2D eigenvalue weighted by atomic mass is 32.2. The first-order valence-corrected chi connectivity index (χ1v) is 10.9. The van der Waals surface area contributed by atoms with Crippen LogP contribution in [-0.2, 0) is 14.8 Å². The summed E-state index contributed by atoms with van der Waals surface area (Å²) in [4.78, 5) is 12.6. The number of nitrogens with zero attached hydrogens (tertiary/aromatic N) is 1. The number of benzene rings is 1. The van der Waals surface area contributed by atoms with Crippen LogP contribution in [0.5, 0.6) is 0 Å². The molecule has 1 saturated carbocycles. The number of rotatable bonds is 4. The second-order valence-electron chi connectivity index (χ2n) is 7.43. The van der Waals surface area contributed by atoms with Crippen LogP contribution in [-0.4, -0.2) is 37.8 Å². The number of nitrogens with one attached hydrogen (secondary N) is 1. The molecule has 3 rings (SSSR count). The van der Waals surface area contributed by atoms with Crippen LogP contribution in [0.25, 0.3) is 0 Å². The lowest BCUT2D eigenvalue weighted by Gasteiger charge is -2.32. The number of hydrogen-bond acceptors (Lipinski definition) is 3. The molecule has 0 bridgehead atoms. The van der Waals surface area contributed by atoms with Crippen LogP contribution in [0.15, 0.2) is 23.1 Å². The SMILES string of the molecule is Cc1cc(S(=O)(=O)N2CCC(C(=O)NC3CCCCC3)CC2)ccc1F. The molecule has 0 unspecified atom stereocenters.